The highest BCUT2D eigenvalue weighted by atomic mass is 16.6. The van der Waals surface area contributed by atoms with Gasteiger partial charge in [-0.3, -0.25) is 14.4 Å². The molecular formula is C49H76O6. The Labute approximate surface area is 336 Å². The fourth-order valence-corrected chi connectivity index (χ4v) is 5.17. The fraction of sp³-hybridized carbons (Fsp3) is 0.571. The normalized spacial score (nSPS) is 13.1. The summed E-state index contributed by atoms with van der Waals surface area (Å²) in [6, 6.07) is 0. The Bertz CT molecular complexity index is 1200. The molecule has 6 nitrogen and oxygen atoms in total. The van der Waals surface area contributed by atoms with Crippen molar-refractivity contribution in [3.8, 4) is 0 Å². The van der Waals surface area contributed by atoms with Gasteiger partial charge >= 0.3 is 17.9 Å². The molecule has 0 aliphatic carbocycles. The number of rotatable bonds is 36. The van der Waals surface area contributed by atoms with Crippen LogP contribution >= 0.6 is 0 Å². The fourth-order valence-electron chi connectivity index (χ4n) is 5.17. The van der Waals surface area contributed by atoms with Gasteiger partial charge < -0.3 is 14.2 Å². The van der Waals surface area contributed by atoms with Crippen molar-refractivity contribution in [2.45, 2.75) is 168 Å². The van der Waals surface area contributed by atoms with Gasteiger partial charge in [-0.25, -0.2) is 0 Å². The highest BCUT2D eigenvalue weighted by molar-refractivity contribution is 5.72. The summed E-state index contributed by atoms with van der Waals surface area (Å²) in [6.07, 6.45) is 56.8. The van der Waals surface area contributed by atoms with E-state index in [1.54, 1.807) is 6.08 Å². The van der Waals surface area contributed by atoms with Crippen LogP contribution in [0.15, 0.2) is 109 Å². The summed E-state index contributed by atoms with van der Waals surface area (Å²) in [6.45, 7) is 6.19. The van der Waals surface area contributed by atoms with Crippen LogP contribution in [-0.2, 0) is 28.6 Å². The molecular weight excluding hydrogens is 685 g/mol. The summed E-state index contributed by atoms with van der Waals surface area (Å²) in [7, 11) is 0. The van der Waals surface area contributed by atoms with Crippen molar-refractivity contribution in [3.63, 3.8) is 0 Å². The molecule has 6 heteroatoms. The molecule has 0 aromatic carbocycles. The van der Waals surface area contributed by atoms with Crippen molar-refractivity contribution >= 4 is 17.9 Å². The molecule has 308 valence electrons. The average Bonchev–Trinajstić information content (AvgIpc) is 3.18. The lowest BCUT2D eigenvalue weighted by atomic mass is 10.1. The van der Waals surface area contributed by atoms with Crippen molar-refractivity contribution in [1.29, 1.82) is 0 Å². The largest absolute Gasteiger partial charge is 0.462 e. The molecule has 0 saturated heterocycles. The van der Waals surface area contributed by atoms with Crippen LogP contribution in [0.2, 0.25) is 0 Å². The topological polar surface area (TPSA) is 78.9 Å². The number of allylic oxidation sites excluding steroid dienone is 17. The van der Waals surface area contributed by atoms with Crippen molar-refractivity contribution in [2.75, 3.05) is 13.2 Å². The molecule has 0 rings (SSSR count). The quantitative estimate of drug-likeness (QED) is 0.0274. The number of ether oxygens (including phenoxy) is 3. The zero-order chi connectivity index (χ0) is 40.1. The Morgan fingerprint density at radius 1 is 0.400 bits per heavy atom. The molecule has 1 unspecified atom stereocenters. The van der Waals surface area contributed by atoms with Crippen LogP contribution in [0, 0.1) is 0 Å². The molecule has 0 spiro atoms. The van der Waals surface area contributed by atoms with Gasteiger partial charge in [0.2, 0.25) is 0 Å². The van der Waals surface area contributed by atoms with Crippen LogP contribution in [0.3, 0.4) is 0 Å². The first-order chi connectivity index (χ1) is 27.0. The number of hydrogen-bond donors (Lipinski definition) is 0. The minimum Gasteiger partial charge on any atom is -0.462 e. The third kappa shape index (κ3) is 41.1. The predicted molar refractivity (Wildman–Crippen MR) is 233 cm³/mol. The summed E-state index contributed by atoms with van der Waals surface area (Å²) in [5, 5.41) is 0. The summed E-state index contributed by atoms with van der Waals surface area (Å²) < 4.78 is 16.5. The number of esters is 3. The zero-order valence-corrected chi connectivity index (χ0v) is 34.9. The molecule has 0 heterocycles. The van der Waals surface area contributed by atoms with Crippen molar-refractivity contribution in [3.05, 3.63) is 109 Å². The Morgan fingerprint density at radius 3 is 1.24 bits per heavy atom. The van der Waals surface area contributed by atoms with E-state index in [-0.39, 0.29) is 32.0 Å². The Hall–Kier alpha value is -3.93. The standard InChI is InChI=1S/C49H76O6/c1-4-7-10-13-16-19-21-23-24-26-27-30-33-36-39-42-48(51)54-45-46(44-53-47(50)41-38-35-32-29-18-15-12-9-6-3)55-49(52)43-40-37-34-31-28-25-22-20-17-14-11-8-5-2/h7-8,10-11,16-17,19-20,23-25,27-28,30,34,36-37,39,46H,4-6,9,12-15,18,21-22,26,29,31-33,35,38,40-45H2,1-3H3/b10-7-,11-8-,19-16-,20-17-,24-23-,28-25-,30-27-,37-34-,39-36-. The van der Waals surface area contributed by atoms with Crippen molar-refractivity contribution < 1.29 is 28.6 Å². The molecule has 0 amide bonds. The van der Waals surface area contributed by atoms with Gasteiger partial charge in [-0.2, -0.15) is 0 Å². The third-order valence-electron chi connectivity index (χ3n) is 8.32. The Kier molecular flexibility index (Phi) is 39.7. The van der Waals surface area contributed by atoms with Crippen LogP contribution in [0.1, 0.15) is 162 Å². The molecule has 0 aliphatic rings. The van der Waals surface area contributed by atoms with E-state index in [0.717, 1.165) is 77.0 Å². The van der Waals surface area contributed by atoms with E-state index in [9.17, 15) is 14.4 Å². The van der Waals surface area contributed by atoms with E-state index in [0.29, 0.717) is 12.8 Å². The van der Waals surface area contributed by atoms with Crippen molar-refractivity contribution in [2.24, 2.45) is 0 Å². The molecule has 0 aromatic rings. The first-order valence-electron chi connectivity index (χ1n) is 21.4. The van der Waals surface area contributed by atoms with E-state index >= 15 is 0 Å². The highest BCUT2D eigenvalue weighted by Crippen LogP contribution is 2.11. The lowest BCUT2D eigenvalue weighted by Crippen LogP contribution is -2.30. The lowest BCUT2D eigenvalue weighted by molar-refractivity contribution is -0.166. The van der Waals surface area contributed by atoms with E-state index in [4.69, 9.17) is 14.2 Å². The van der Waals surface area contributed by atoms with Gasteiger partial charge in [0.1, 0.15) is 13.2 Å². The molecule has 0 radical (unpaired) electrons. The van der Waals surface area contributed by atoms with Crippen LogP contribution in [0.4, 0.5) is 0 Å². The second-order valence-corrected chi connectivity index (χ2v) is 13.5. The molecule has 0 fully saturated rings. The minimum absolute atomic E-state index is 0.110. The summed E-state index contributed by atoms with van der Waals surface area (Å²) in [5.41, 5.74) is 0. The van der Waals surface area contributed by atoms with Gasteiger partial charge in [0.05, 0.1) is 6.42 Å². The second kappa shape index (κ2) is 42.8. The minimum atomic E-state index is -0.852. The predicted octanol–water partition coefficient (Wildman–Crippen LogP) is 13.6. The molecule has 0 N–H and O–H groups in total. The Morgan fingerprint density at radius 2 is 0.782 bits per heavy atom. The first kappa shape index (κ1) is 51.1. The number of hydrogen-bond acceptors (Lipinski definition) is 6. The molecule has 1 atom stereocenters. The van der Waals surface area contributed by atoms with E-state index < -0.39 is 18.0 Å². The van der Waals surface area contributed by atoms with Gasteiger partial charge in [-0.05, 0) is 70.6 Å². The number of carbonyl (C=O) groups excluding carboxylic acids is 3. The molecule has 0 aromatic heterocycles. The SMILES string of the molecule is CC/C=C\C/C=C\C/C=C\C/C=C\C/C=C\CC(=O)OCC(COC(=O)CCCCCCCCCCC)OC(=O)CC/C=C\C/C=C\C/C=C\C/C=C\CC. The molecule has 55 heavy (non-hydrogen) atoms. The van der Waals surface area contributed by atoms with Crippen LogP contribution in [-0.4, -0.2) is 37.2 Å². The maximum Gasteiger partial charge on any atom is 0.309 e. The maximum atomic E-state index is 12.6. The van der Waals surface area contributed by atoms with Crippen LogP contribution < -0.4 is 0 Å². The molecule has 0 bridgehead atoms. The summed E-state index contributed by atoms with van der Waals surface area (Å²) >= 11 is 0. The van der Waals surface area contributed by atoms with E-state index in [1.165, 1.54) is 38.5 Å². The summed E-state index contributed by atoms with van der Waals surface area (Å²) in [4.78, 5) is 37.5. The zero-order valence-electron chi connectivity index (χ0n) is 34.9. The second-order valence-electron chi connectivity index (χ2n) is 13.5. The van der Waals surface area contributed by atoms with Gasteiger partial charge in [-0.1, -0.05) is 182 Å². The van der Waals surface area contributed by atoms with Gasteiger partial charge in [0.25, 0.3) is 0 Å². The molecule has 0 saturated carbocycles. The monoisotopic (exact) mass is 761 g/mol. The summed E-state index contributed by atoms with van der Waals surface area (Å²) in [5.74, 6) is -1.17. The van der Waals surface area contributed by atoms with Gasteiger partial charge in [0, 0.05) is 12.8 Å². The highest BCUT2D eigenvalue weighted by Gasteiger charge is 2.19. The molecule has 0 aliphatic heterocycles. The lowest BCUT2D eigenvalue weighted by Gasteiger charge is -2.18. The first-order valence-corrected chi connectivity index (χ1v) is 21.4. The maximum absolute atomic E-state index is 12.6. The smallest absolute Gasteiger partial charge is 0.309 e. The number of unbranched alkanes of at least 4 members (excludes halogenated alkanes) is 8. The van der Waals surface area contributed by atoms with Crippen molar-refractivity contribution in [1.82, 2.24) is 0 Å². The van der Waals surface area contributed by atoms with E-state index in [1.807, 2.05) is 18.2 Å². The average molecular weight is 761 g/mol. The van der Waals surface area contributed by atoms with Gasteiger partial charge in [0.15, 0.2) is 6.10 Å². The third-order valence-corrected chi connectivity index (χ3v) is 8.32. The van der Waals surface area contributed by atoms with Crippen LogP contribution in [0.25, 0.3) is 0 Å². The Balaban J connectivity index is 4.64. The van der Waals surface area contributed by atoms with Crippen LogP contribution in [0.5, 0.6) is 0 Å². The number of carbonyl (C=O) groups is 3. The van der Waals surface area contributed by atoms with E-state index in [2.05, 4.69) is 106 Å². The van der Waals surface area contributed by atoms with Gasteiger partial charge in [-0.15, -0.1) is 0 Å².